The summed E-state index contributed by atoms with van der Waals surface area (Å²) in [4.78, 5) is 65.6. The maximum atomic E-state index is 13.5. The van der Waals surface area contributed by atoms with Crippen LogP contribution in [0.25, 0.3) is 0 Å². The molecule has 274 valence electrons. The number of esters is 2. The number of hydrogen-bond acceptors (Lipinski definition) is 9. The van der Waals surface area contributed by atoms with Crippen molar-refractivity contribution in [3.05, 3.63) is 113 Å². The molecule has 1 fully saturated rings. The first-order valence-corrected chi connectivity index (χ1v) is 17.6. The number of carbonyl (C=O) groups excluding carboxylic acids is 5. The zero-order valence-corrected chi connectivity index (χ0v) is 29.9. The molecule has 52 heavy (non-hydrogen) atoms. The van der Waals surface area contributed by atoms with Crippen LogP contribution in [0.1, 0.15) is 73.2 Å². The van der Waals surface area contributed by atoms with E-state index in [9.17, 15) is 24.0 Å². The normalized spacial score (nSPS) is 24.1. The number of carbonyl (C=O) groups is 5. The Morgan fingerprint density at radius 2 is 1.58 bits per heavy atom. The number of epoxide rings is 1. The minimum atomic E-state index is -1.15. The molecule has 2 aliphatic rings. The summed E-state index contributed by atoms with van der Waals surface area (Å²) in [6, 6.07) is 22.6. The van der Waals surface area contributed by atoms with E-state index in [-0.39, 0.29) is 62.1 Å². The largest absolute Gasteiger partial charge is 0.497 e. The smallest absolute Gasteiger partial charge is 0.347 e. The summed E-state index contributed by atoms with van der Waals surface area (Å²) in [5.41, 5.74) is 2.84. The SMILES string of the molecule is COc1ccc(CC2NC(=O)/C=C/C[C@@H]([C@H](C)[C@H]3O[C@@H]3c3ccc(C(=O)c4ccccc4)cc3)OC(=O)[C@H](CC(C)C)OC(=O)CCNC2=O)cc1. The van der Waals surface area contributed by atoms with Gasteiger partial charge in [-0.05, 0) is 41.7 Å². The molecule has 2 aliphatic heterocycles. The number of benzene rings is 3. The Morgan fingerprint density at radius 3 is 2.25 bits per heavy atom. The van der Waals surface area contributed by atoms with Crippen molar-refractivity contribution in [1.82, 2.24) is 10.6 Å². The van der Waals surface area contributed by atoms with Gasteiger partial charge in [-0.3, -0.25) is 19.2 Å². The summed E-state index contributed by atoms with van der Waals surface area (Å²) in [6.07, 6.45) is 0.881. The lowest BCUT2D eigenvalue weighted by Gasteiger charge is -2.26. The number of cyclic esters (lactones) is 2. The third-order valence-electron chi connectivity index (χ3n) is 9.15. The van der Waals surface area contributed by atoms with Crippen molar-refractivity contribution < 1.29 is 42.9 Å². The molecular weight excluding hydrogens is 664 g/mol. The van der Waals surface area contributed by atoms with Crippen LogP contribution in [-0.4, -0.2) is 67.5 Å². The molecule has 1 saturated heterocycles. The lowest BCUT2D eigenvalue weighted by atomic mass is 9.93. The Morgan fingerprint density at radius 1 is 0.885 bits per heavy atom. The van der Waals surface area contributed by atoms with Crippen LogP contribution in [0.2, 0.25) is 0 Å². The molecule has 0 saturated carbocycles. The Balaban J connectivity index is 1.32. The molecule has 2 heterocycles. The molecule has 2 amide bonds. The van der Waals surface area contributed by atoms with E-state index in [1.54, 1.807) is 49.6 Å². The topological polar surface area (TPSA) is 150 Å². The summed E-state index contributed by atoms with van der Waals surface area (Å²) in [5, 5.41) is 5.46. The zero-order chi connectivity index (χ0) is 37.2. The number of ether oxygens (including phenoxy) is 4. The Hall–Kier alpha value is -5.29. The standard InChI is InChI=1S/C41H46N2O9/c1-25(2)23-34-41(48)51-33(26(3)38-39(52-38)30-17-15-29(16-18-30)37(46)28-9-6-5-7-10-28)11-8-12-35(44)43-32(40(47)42-22-21-36(45)50-34)24-27-13-19-31(49-4)20-14-27/h5-10,12-20,25-26,32-34,38-39H,11,21-24H2,1-4H3,(H,42,47)(H,43,44)/b12-8+/t26-,32?,33-,34-,38+,39+/m0/s1. The van der Waals surface area contributed by atoms with E-state index in [1.807, 2.05) is 63.2 Å². The van der Waals surface area contributed by atoms with Crippen LogP contribution in [0.4, 0.5) is 0 Å². The second-order valence-corrected chi connectivity index (χ2v) is 13.6. The van der Waals surface area contributed by atoms with Gasteiger partial charge < -0.3 is 29.6 Å². The average Bonchev–Trinajstić information content (AvgIpc) is 3.94. The number of ketones is 1. The second kappa shape index (κ2) is 17.8. The third-order valence-corrected chi connectivity index (χ3v) is 9.15. The molecule has 5 rings (SSSR count). The number of amides is 2. The third kappa shape index (κ3) is 10.4. The molecule has 1 unspecified atom stereocenters. The minimum Gasteiger partial charge on any atom is -0.497 e. The first-order valence-electron chi connectivity index (χ1n) is 17.6. The van der Waals surface area contributed by atoms with Gasteiger partial charge in [-0.2, -0.15) is 0 Å². The predicted molar refractivity (Wildman–Crippen MR) is 192 cm³/mol. The monoisotopic (exact) mass is 710 g/mol. The fraction of sp³-hybridized carbons (Fsp3) is 0.390. The summed E-state index contributed by atoms with van der Waals surface area (Å²) in [7, 11) is 1.56. The van der Waals surface area contributed by atoms with Crippen LogP contribution in [-0.2, 0) is 39.8 Å². The van der Waals surface area contributed by atoms with E-state index in [2.05, 4.69) is 10.6 Å². The van der Waals surface area contributed by atoms with E-state index >= 15 is 0 Å². The highest BCUT2D eigenvalue weighted by Crippen LogP contribution is 2.45. The molecule has 11 heteroatoms. The van der Waals surface area contributed by atoms with Crippen LogP contribution in [0, 0.1) is 11.8 Å². The lowest BCUT2D eigenvalue weighted by molar-refractivity contribution is -0.174. The molecular formula is C41H46N2O9. The Kier molecular flexibility index (Phi) is 13.0. The van der Waals surface area contributed by atoms with Gasteiger partial charge in [0, 0.05) is 36.4 Å². The summed E-state index contributed by atoms with van der Waals surface area (Å²) in [5.74, 6) is -2.03. The maximum Gasteiger partial charge on any atom is 0.347 e. The van der Waals surface area contributed by atoms with Crippen molar-refractivity contribution in [2.45, 2.75) is 76.9 Å². The van der Waals surface area contributed by atoms with Gasteiger partial charge in [-0.1, -0.05) is 93.6 Å². The van der Waals surface area contributed by atoms with Gasteiger partial charge in [0.15, 0.2) is 11.9 Å². The van der Waals surface area contributed by atoms with Crippen LogP contribution in [0.5, 0.6) is 5.75 Å². The number of hydrogen-bond donors (Lipinski definition) is 2. The van der Waals surface area contributed by atoms with E-state index < -0.39 is 42.0 Å². The van der Waals surface area contributed by atoms with Crippen molar-refractivity contribution in [3.8, 4) is 5.75 Å². The van der Waals surface area contributed by atoms with Crippen LogP contribution in [0.15, 0.2) is 91.0 Å². The first-order chi connectivity index (χ1) is 25.0. The molecule has 0 radical (unpaired) electrons. The van der Waals surface area contributed by atoms with Gasteiger partial charge in [0.1, 0.15) is 24.0 Å². The van der Waals surface area contributed by atoms with Crippen LogP contribution in [0.3, 0.4) is 0 Å². The zero-order valence-electron chi connectivity index (χ0n) is 29.9. The van der Waals surface area contributed by atoms with Gasteiger partial charge >= 0.3 is 11.9 Å². The molecule has 2 N–H and O–H groups in total. The highest BCUT2D eigenvalue weighted by Gasteiger charge is 2.47. The quantitative estimate of drug-likeness (QED) is 0.167. The molecule has 0 aromatic heterocycles. The first kappa shape index (κ1) is 38.0. The van der Waals surface area contributed by atoms with E-state index in [1.165, 1.54) is 6.08 Å². The number of rotatable bonds is 10. The van der Waals surface area contributed by atoms with E-state index in [0.29, 0.717) is 16.9 Å². The van der Waals surface area contributed by atoms with Crippen LogP contribution >= 0.6 is 0 Å². The van der Waals surface area contributed by atoms with Crippen molar-refractivity contribution in [3.63, 3.8) is 0 Å². The fourth-order valence-corrected chi connectivity index (χ4v) is 6.16. The highest BCUT2D eigenvalue weighted by molar-refractivity contribution is 6.09. The van der Waals surface area contributed by atoms with Crippen molar-refractivity contribution in [1.29, 1.82) is 0 Å². The van der Waals surface area contributed by atoms with Crippen molar-refractivity contribution in [2.75, 3.05) is 13.7 Å². The van der Waals surface area contributed by atoms with Crippen LogP contribution < -0.4 is 15.4 Å². The van der Waals surface area contributed by atoms with Gasteiger partial charge in [0.05, 0.1) is 19.6 Å². The van der Waals surface area contributed by atoms with Crippen molar-refractivity contribution in [2.24, 2.45) is 11.8 Å². The molecule has 0 spiro atoms. The Bertz CT molecular complexity index is 1740. The van der Waals surface area contributed by atoms with Crippen molar-refractivity contribution >= 4 is 29.5 Å². The second-order valence-electron chi connectivity index (χ2n) is 13.6. The molecule has 0 aliphatic carbocycles. The predicted octanol–water partition coefficient (Wildman–Crippen LogP) is 5.07. The number of nitrogens with one attached hydrogen (secondary N) is 2. The summed E-state index contributed by atoms with van der Waals surface area (Å²) in [6.45, 7) is 5.67. The number of methoxy groups -OCH3 is 1. The maximum absolute atomic E-state index is 13.5. The van der Waals surface area contributed by atoms with Gasteiger partial charge in [0.25, 0.3) is 0 Å². The minimum absolute atomic E-state index is 0.0155. The molecule has 11 nitrogen and oxygen atoms in total. The summed E-state index contributed by atoms with van der Waals surface area (Å²) < 4.78 is 22.9. The highest BCUT2D eigenvalue weighted by atomic mass is 16.6. The van der Waals surface area contributed by atoms with Gasteiger partial charge in [-0.15, -0.1) is 0 Å². The molecule has 6 atom stereocenters. The average molecular weight is 711 g/mol. The Labute approximate surface area is 304 Å². The molecule has 3 aromatic carbocycles. The summed E-state index contributed by atoms with van der Waals surface area (Å²) >= 11 is 0. The van der Waals surface area contributed by atoms with Gasteiger partial charge in [-0.25, -0.2) is 4.79 Å². The molecule has 3 aromatic rings. The van der Waals surface area contributed by atoms with Gasteiger partial charge in [0.2, 0.25) is 11.8 Å². The fourth-order valence-electron chi connectivity index (χ4n) is 6.16. The lowest BCUT2D eigenvalue weighted by Crippen LogP contribution is -2.48. The molecule has 0 bridgehead atoms. The van der Waals surface area contributed by atoms with E-state index in [4.69, 9.17) is 18.9 Å². The van der Waals surface area contributed by atoms with E-state index in [0.717, 1.165) is 11.1 Å².